The highest BCUT2D eigenvalue weighted by Gasteiger charge is 2.24. The molecule has 0 bridgehead atoms. The van der Waals surface area contributed by atoms with Gasteiger partial charge in [-0.1, -0.05) is 26.0 Å². The van der Waals surface area contributed by atoms with E-state index in [0.29, 0.717) is 13.0 Å². The number of hydrogen-bond acceptors (Lipinski definition) is 3. The molecule has 1 aromatic rings. The maximum absolute atomic E-state index is 11.3. The molecule has 0 fully saturated rings. The summed E-state index contributed by atoms with van der Waals surface area (Å²) in [6.45, 7) is 5.00. The topological polar surface area (TPSA) is 84.2 Å². The highest BCUT2D eigenvalue weighted by Crippen LogP contribution is 2.29. The van der Waals surface area contributed by atoms with Crippen molar-refractivity contribution in [1.82, 2.24) is 5.32 Å². The maximum atomic E-state index is 11.3. The molecule has 1 aromatic carbocycles. The lowest BCUT2D eigenvalue weighted by Gasteiger charge is -2.26. The zero-order valence-electron chi connectivity index (χ0n) is 11.2. The molecule has 102 valence electrons. The molecule has 0 saturated heterocycles. The number of nitrogens with one attached hydrogen (secondary N) is 2. The number of primary amides is 1. The molecule has 0 aliphatic carbocycles. The first-order chi connectivity index (χ1) is 8.88. The zero-order valence-corrected chi connectivity index (χ0v) is 11.2. The molecule has 2 rings (SSSR count). The minimum absolute atomic E-state index is 0.0387. The van der Waals surface area contributed by atoms with Gasteiger partial charge in [0.05, 0.1) is 13.0 Å². The fraction of sp³-hybridized carbons (Fsp3) is 0.429. The monoisotopic (exact) mass is 261 g/mol. The standard InChI is InChI=1S/C14H19N3O2/c1-14(2,8-16-7-12(15)18)10-3-4-11-9(5-10)6-13(19)17-11/h3-5,16H,6-8H2,1-2H3,(H2,15,18)(H,17,19). The second-order valence-electron chi connectivity index (χ2n) is 5.55. The van der Waals surface area contributed by atoms with E-state index in [-0.39, 0.29) is 23.8 Å². The Balaban J connectivity index is 2.10. The van der Waals surface area contributed by atoms with Gasteiger partial charge >= 0.3 is 0 Å². The number of hydrogen-bond donors (Lipinski definition) is 3. The van der Waals surface area contributed by atoms with E-state index in [2.05, 4.69) is 30.5 Å². The second kappa shape index (κ2) is 5.01. The molecular formula is C14H19N3O2. The molecule has 0 atom stereocenters. The predicted molar refractivity (Wildman–Crippen MR) is 73.9 cm³/mol. The second-order valence-corrected chi connectivity index (χ2v) is 5.55. The molecule has 0 radical (unpaired) electrons. The van der Waals surface area contributed by atoms with Gasteiger partial charge in [-0.2, -0.15) is 0 Å². The fourth-order valence-electron chi connectivity index (χ4n) is 2.25. The molecule has 0 aromatic heterocycles. The van der Waals surface area contributed by atoms with Gasteiger partial charge in [0, 0.05) is 17.6 Å². The molecule has 4 N–H and O–H groups in total. The Labute approximate surface area is 112 Å². The molecule has 5 nitrogen and oxygen atoms in total. The lowest BCUT2D eigenvalue weighted by Crippen LogP contribution is -2.37. The molecule has 2 amide bonds. The van der Waals surface area contributed by atoms with Crippen LogP contribution in [-0.2, 0) is 21.4 Å². The van der Waals surface area contributed by atoms with Crippen molar-refractivity contribution >= 4 is 17.5 Å². The fourth-order valence-corrected chi connectivity index (χ4v) is 2.25. The summed E-state index contributed by atoms with van der Waals surface area (Å²) in [5, 5.41) is 5.86. The van der Waals surface area contributed by atoms with Gasteiger partial charge in [-0.3, -0.25) is 9.59 Å². The lowest BCUT2D eigenvalue weighted by atomic mass is 9.83. The predicted octanol–water partition coefficient (Wildman–Crippen LogP) is 0.534. The third-order valence-electron chi connectivity index (χ3n) is 3.38. The first kappa shape index (κ1) is 13.5. The summed E-state index contributed by atoms with van der Waals surface area (Å²) in [6.07, 6.45) is 0.438. The van der Waals surface area contributed by atoms with Gasteiger partial charge in [0.25, 0.3) is 0 Å². The summed E-state index contributed by atoms with van der Waals surface area (Å²) in [5.74, 6) is -0.323. The first-order valence-corrected chi connectivity index (χ1v) is 6.31. The van der Waals surface area contributed by atoms with Crippen molar-refractivity contribution in [3.63, 3.8) is 0 Å². The van der Waals surface area contributed by atoms with Crippen molar-refractivity contribution < 1.29 is 9.59 Å². The van der Waals surface area contributed by atoms with Crippen LogP contribution in [0.5, 0.6) is 0 Å². The molecule has 1 aliphatic heterocycles. The molecule has 5 heteroatoms. The average Bonchev–Trinajstić information content (AvgIpc) is 2.67. The van der Waals surface area contributed by atoms with Gasteiger partial charge < -0.3 is 16.4 Å². The van der Waals surface area contributed by atoms with Crippen LogP contribution in [-0.4, -0.2) is 24.9 Å². The highest BCUT2D eigenvalue weighted by atomic mass is 16.2. The van der Waals surface area contributed by atoms with Crippen molar-refractivity contribution in [2.24, 2.45) is 5.73 Å². The molecule has 19 heavy (non-hydrogen) atoms. The summed E-state index contributed by atoms with van der Waals surface area (Å²) in [7, 11) is 0. The Hall–Kier alpha value is -1.88. The Morgan fingerprint density at radius 2 is 2.21 bits per heavy atom. The molecule has 0 unspecified atom stereocenters. The van der Waals surface area contributed by atoms with Gasteiger partial charge in [-0.25, -0.2) is 0 Å². The number of anilines is 1. The number of amides is 2. The first-order valence-electron chi connectivity index (χ1n) is 6.31. The van der Waals surface area contributed by atoms with E-state index in [9.17, 15) is 9.59 Å². The van der Waals surface area contributed by atoms with E-state index >= 15 is 0 Å². The van der Waals surface area contributed by atoms with E-state index < -0.39 is 0 Å². The van der Waals surface area contributed by atoms with Crippen LogP contribution >= 0.6 is 0 Å². The average molecular weight is 261 g/mol. The minimum Gasteiger partial charge on any atom is -0.369 e. The largest absolute Gasteiger partial charge is 0.369 e. The van der Waals surface area contributed by atoms with E-state index in [0.717, 1.165) is 16.8 Å². The van der Waals surface area contributed by atoms with Gasteiger partial charge in [-0.15, -0.1) is 0 Å². The zero-order chi connectivity index (χ0) is 14.0. The van der Waals surface area contributed by atoms with Gasteiger partial charge in [0.1, 0.15) is 0 Å². The third-order valence-corrected chi connectivity index (χ3v) is 3.38. The quantitative estimate of drug-likeness (QED) is 0.723. The van der Waals surface area contributed by atoms with Crippen LogP contribution in [0.15, 0.2) is 18.2 Å². The van der Waals surface area contributed by atoms with Crippen molar-refractivity contribution in [3.8, 4) is 0 Å². The Morgan fingerprint density at radius 3 is 2.89 bits per heavy atom. The third kappa shape index (κ3) is 3.12. The Kier molecular flexibility index (Phi) is 3.57. The summed E-state index contributed by atoms with van der Waals surface area (Å²) in [4.78, 5) is 22.1. The molecule has 0 saturated carbocycles. The SMILES string of the molecule is CC(C)(CNCC(N)=O)c1ccc2c(c1)CC(=O)N2. The van der Waals surface area contributed by atoms with E-state index in [4.69, 9.17) is 5.73 Å². The van der Waals surface area contributed by atoms with Crippen LogP contribution in [0.25, 0.3) is 0 Å². The maximum Gasteiger partial charge on any atom is 0.231 e. The number of carbonyl (C=O) groups is 2. The van der Waals surface area contributed by atoms with Crippen molar-refractivity contribution in [2.45, 2.75) is 25.7 Å². The van der Waals surface area contributed by atoms with Crippen LogP contribution in [0, 0.1) is 0 Å². The minimum atomic E-state index is -0.362. The van der Waals surface area contributed by atoms with Crippen LogP contribution in [0.4, 0.5) is 5.69 Å². The molecule has 0 spiro atoms. The summed E-state index contributed by atoms with van der Waals surface area (Å²) in [6, 6.07) is 6.00. The van der Waals surface area contributed by atoms with E-state index in [1.165, 1.54) is 0 Å². The molecular weight excluding hydrogens is 242 g/mol. The normalized spacial score (nSPS) is 14.1. The van der Waals surface area contributed by atoms with Gasteiger partial charge in [0.2, 0.25) is 11.8 Å². The van der Waals surface area contributed by atoms with Crippen LogP contribution in [0.2, 0.25) is 0 Å². The number of carbonyl (C=O) groups excluding carboxylic acids is 2. The lowest BCUT2D eigenvalue weighted by molar-refractivity contribution is -0.117. The summed E-state index contributed by atoms with van der Waals surface area (Å²) < 4.78 is 0. The van der Waals surface area contributed by atoms with Crippen molar-refractivity contribution in [2.75, 3.05) is 18.4 Å². The van der Waals surface area contributed by atoms with Crippen LogP contribution in [0.3, 0.4) is 0 Å². The smallest absolute Gasteiger partial charge is 0.231 e. The highest BCUT2D eigenvalue weighted by molar-refractivity contribution is 5.99. The van der Waals surface area contributed by atoms with Crippen molar-refractivity contribution in [1.29, 1.82) is 0 Å². The molecule has 1 heterocycles. The number of fused-ring (bicyclic) bond motifs is 1. The summed E-state index contributed by atoms with van der Waals surface area (Å²) >= 11 is 0. The van der Waals surface area contributed by atoms with E-state index in [1.54, 1.807) is 0 Å². The Bertz CT molecular complexity index is 523. The van der Waals surface area contributed by atoms with Crippen molar-refractivity contribution in [3.05, 3.63) is 29.3 Å². The van der Waals surface area contributed by atoms with Gasteiger partial charge in [0.15, 0.2) is 0 Å². The number of nitrogens with two attached hydrogens (primary N) is 1. The van der Waals surface area contributed by atoms with Crippen LogP contribution in [0.1, 0.15) is 25.0 Å². The van der Waals surface area contributed by atoms with Crippen LogP contribution < -0.4 is 16.4 Å². The van der Waals surface area contributed by atoms with E-state index in [1.807, 2.05) is 12.1 Å². The molecule has 1 aliphatic rings. The number of benzene rings is 1. The Morgan fingerprint density at radius 1 is 1.47 bits per heavy atom. The van der Waals surface area contributed by atoms with Gasteiger partial charge in [-0.05, 0) is 17.2 Å². The summed E-state index contributed by atoms with van der Waals surface area (Å²) in [5.41, 5.74) is 8.04. The number of rotatable bonds is 5.